The highest BCUT2D eigenvalue weighted by molar-refractivity contribution is 5.88. The first kappa shape index (κ1) is 7.53. The molecule has 0 saturated heterocycles. The molecule has 1 saturated carbocycles. The van der Waals surface area contributed by atoms with Crippen molar-refractivity contribution in [3.05, 3.63) is 35.9 Å². The maximum atomic E-state index is 11.0. The van der Waals surface area contributed by atoms with E-state index >= 15 is 0 Å². The van der Waals surface area contributed by atoms with E-state index in [4.69, 9.17) is 0 Å². The van der Waals surface area contributed by atoms with Crippen LogP contribution in [0.2, 0.25) is 0 Å². The smallest absolute Gasteiger partial charge is 0.136 e. The van der Waals surface area contributed by atoms with Crippen LogP contribution in [0, 0.1) is 5.92 Å². The molecule has 0 bridgehead atoms. The van der Waals surface area contributed by atoms with Crippen molar-refractivity contribution in [2.45, 2.75) is 19.3 Å². The van der Waals surface area contributed by atoms with Crippen molar-refractivity contribution in [1.29, 1.82) is 0 Å². The minimum absolute atomic E-state index is 0.243. The van der Waals surface area contributed by atoms with Crippen LogP contribution in [-0.2, 0) is 4.79 Å². The molecule has 1 aromatic carbocycles. The summed E-state index contributed by atoms with van der Waals surface area (Å²) < 4.78 is 0. The minimum Gasteiger partial charge on any atom is -0.299 e. The Labute approximate surface area is 72.4 Å². The van der Waals surface area contributed by atoms with E-state index in [1.807, 2.05) is 25.1 Å². The molecule has 2 atom stereocenters. The van der Waals surface area contributed by atoms with Crippen molar-refractivity contribution in [2.24, 2.45) is 5.92 Å². The topological polar surface area (TPSA) is 17.1 Å². The summed E-state index contributed by atoms with van der Waals surface area (Å²) in [5.74, 6) is 1.13. The van der Waals surface area contributed by atoms with E-state index in [1.54, 1.807) is 0 Å². The number of hydrogen-bond acceptors (Lipinski definition) is 1. The first-order valence-corrected chi connectivity index (χ1v) is 4.36. The van der Waals surface area contributed by atoms with Gasteiger partial charge < -0.3 is 0 Å². The Balaban J connectivity index is 2.18. The van der Waals surface area contributed by atoms with Crippen LogP contribution in [0.15, 0.2) is 30.3 Å². The fourth-order valence-corrected chi connectivity index (χ4v) is 1.75. The van der Waals surface area contributed by atoms with Crippen LogP contribution in [0.3, 0.4) is 0 Å². The summed E-state index contributed by atoms with van der Waals surface area (Å²) in [6, 6.07) is 10.3. The van der Waals surface area contributed by atoms with Crippen molar-refractivity contribution < 1.29 is 4.79 Å². The van der Waals surface area contributed by atoms with Crippen molar-refractivity contribution in [2.75, 3.05) is 0 Å². The molecule has 62 valence electrons. The molecule has 1 fully saturated rings. The number of carbonyl (C=O) groups excluding carboxylic acids is 1. The summed E-state index contributed by atoms with van der Waals surface area (Å²) in [5, 5.41) is 0. The number of ketones is 1. The van der Waals surface area contributed by atoms with Crippen LogP contribution in [0.25, 0.3) is 0 Å². The second-order valence-electron chi connectivity index (χ2n) is 3.48. The molecule has 1 aliphatic rings. The lowest BCUT2D eigenvalue weighted by molar-refractivity contribution is -0.130. The average Bonchev–Trinajstić information content (AvgIpc) is 2.15. The molecule has 1 nitrogen and oxygen atoms in total. The number of rotatable bonds is 1. The standard InChI is InChI=1S/C11H12O/c1-8-10(7-11(8)12)9-5-3-2-4-6-9/h2-6,8,10H,7H2,1H3/t8-,10+/m1/s1. The van der Waals surface area contributed by atoms with E-state index in [0.29, 0.717) is 11.7 Å². The third-order valence-electron chi connectivity index (χ3n) is 2.76. The predicted octanol–water partition coefficient (Wildman–Crippen LogP) is 2.38. The third-order valence-corrected chi connectivity index (χ3v) is 2.76. The zero-order valence-electron chi connectivity index (χ0n) is 7.16. The summed E-state index contributed by atoms with van der Waals surface area (Å²) in [7, 11) is 0. The largest absolute Gasteiger partial charge is 0.299 e. The Morgan fingerprint density at radius 1 is 1.25 bits per heavy atom. The zero-order valence-corrected chi connectivity index (χ0v) is 7.16. The van der Waals surface area contributed by atoms with Crippen LogP contribution < -0.4 is 0 Å². The van der Waals surface area contributed by atoms with Crippen LogP contribution in [-0.4, -0.2) is 5.78 Å². The van der Waals surface area contributed by atoms with Gasteiger partial charge >= 0.3 is 0 Å². The van der Waals surface area contributed by atoms with Gasteiger partial charge in [0.2, 0.25) is 0 Å². The van der Waals surface area contributed by atoms with Gasteiger partial charge in [0, 0.05) is 18.3 Å². The van der Waals surface area contributed by atoms with Gasteiger partial charge in [-0.2, -0.15) is 0 Å². The quantitative estimate of drug-likeness (QED) is 0.616. The Morgan fingerprint density at radius 2 is 1.92 bits per heavy atom. The Hall–Kier alpha value is -1.11. The van der Waals surface area contributed by atoms with Gasteiger partial charge in [0.25, 0.3) is 0 Å². The lowest BCUT2D eigenvalue weighted by Gasteiger charge is -2.32. The van der Waals surface area contributed by atoms with Crippen LogP contribution in [0.1, 0.15) is 24.8 Å². The second kappa shape index (κ2) is 2.74. The molecule has 0 radical (unpaired) electrons. The summed E-state index contributed by atoms with van der Waals surface area (Å²) in [4.78, 5) is 11.0. The monoisotopic (exact) mass is 160 g/mol. The Kier molecular flexibility index (Phi) is 1.72. The van der Waals surface area contributed by atoms with E-state index < -0.39 is 0 Å². The summed E-state index contributed by atoms with van der Waals surface area (Å²) in [5.41, 5.74) is 1.31. The SMILES string of the molecule is C[C@H]1C(=O)C[C@@H]1c1ccccc1. The van der Waals surface area contributed by atoms with Gasteiger partial charge in [-0.1, -0.05) is 37.3 Å². The summed E-state index contributed by atoms with van der Waals surface area (Å²) in [6.07, 6.45) is 0.741. The van der Waals surface area contributed by atoms with E-state index in [2.05, 4.69) is 12.1 Å². The molecule has 0 amide bonds. The van der Waals surface area contributed by atoms with Gasteiger partial charge in [-0.3, -0.25) is 4.79 Å². The van der Waals surface area contributed by atoms with Gasteiger partial charge in [0.15, 0.2) is 0 Å². The fraction of sp³-hybridized carbons (Fsp3) is 0.364. The highest BCUT2D eigenvalue weighted by atomic mass is 16.1. The molecule has 0 N–H and O–H groups in total. The van der Waals surface area contributed by atoms with E-state index in [1.165, 1.54) is 5.56 Å². The van der Waals surface area contributed by atoms with E-state index in [0.717, 1.165) is 6.42 Å². The summed E-state index contributed by atoms with van der Waals surface area (Å²) in [6.45, 7) is 2.02. The van der Waals surface area contributed by atoms with Crippen molar-refractivity contribution in [1.82, 2.24) is 0 Å². The minimum atomic E-state index is 0.243. The molecule has 1 heteroatoms. The number of hydrogen-bond donors (Lipinski definition) is 0. The molecule has 0 aliphatic heterocycles. The molecular weight excluding hydrogens is 148 g/mol. The third kappa shape index (κ3) is 1.06. The average molecular weight is 160 g/mol. The van der Waals surface area contributed by atoms with Gasteiger partial charge in [0.1, 0.15) is 5.78 Å². The lowest BCUT2D eigenvalue weighted by Crippen LogP contribution is -2.32. The molecule has 12 heavy (non-hydrogen) atoms. The highest BCUT2D eigenvalue weighted by Crippen LogP contribution is 2.38. The molecule has 1 aromatic rings. The molecule has 0 unspecified atom stereocenters. The van der Waals surface area contributed by atoms with Gasteiger partial charge in [-0.15, -0.1) is 0 Å². The highest BCUT2D eigenvalue weighted by Gasteiger charge is 2.36. The van der Waals surface area contributed by atoms with E-state index in [-0.39, 0.29) is 5.92 Å². The lowest BCUT2D eigenvalue weighted by atomic mass is 9.70. The maximum absolute atomic E-state index is 11.0. The molecule has 1 aliphatic carbocycles. The van der Waals surface area contributed by atoms with Crippen LogP contribution in [0.4, 0.5) is 0 Å². The normalized spacial score (nSPS) is 28.2. The maximum Gasteiger partial charge on any atom is 0.136 e. The van der Waals surface area contributed by atoms with Crippen LogP contribution in [0.5, 0.6) is 0 Å². The van der Waals surface area contributed by atoms with Gasteiger partial charge in [-0.25, -0.2) is 0 Å². The summed E-state index contributed by atoms with van der Waals surface area (Å²) >= 11 is 0. The Morgan fingerprint density at radius 3 is 2.42 bits per heavy atom. The number of benzene rings is 1. The molecule has 0 aromatic heterocycles. The van der Waals surface area contributed by atoms with E-state index in [9.17, 15) is 4.79 Å². The van der Waals surface area contributed by atoms with Crippen molar-refractivity contribution in [3.8, 4) is 0 Å². The Bertz CT molecular complexity index is 289. The molecule has 2 rings (SSSR count). The second-order valence-corrected chi connectivity index (χ2v) is 3.48. The number of Topliss-reactive ketones (excluding diaryl/α,β-unsaturated/α-hetero) is 1. The molecule has 0 spiro atoms. The first-order valence-electron chi connectivity index (χ1n) is 4.36. The zero-order chi connectivity index (χ0) is 8.55. The molecule has 0 heterocycles. The molecular formula is C11H12O. The fourth-order valence-electron chi connectivity index (χ4n) is 1.75. The van der Waals surface area contributed by atoms with Crippen molar-refractivity contribution >= 4 is 5.78 Å². The van der Waals surface area contributed by atoms with Crippen LogP contribution >= 0.6 is 0 Å². The van der Waals surface area contributed by atoms with Crippen molar-refractivity contribution in [3.63, 3.8) is 0 Å². The predicted molar refractivity (Wildman–Crippen MR) is 48.0 cm³/mol. The number of carbonyl (C=O) groups is 1. The first-order chi connectivity index (χ1) is 5.79. The van der Waals surface area contributed by atoms with Gasteiger partial charge in [-0.05, 0) is 5.56 Å². The van der Waals surface area contributed by atoms with Gasteiger partial charge in [0.05, 0.1) is 0 Å².